The predicted octanol–water partition coefficient (Wildman–Crippen LogP) is 1.47. The standard InChI is InChI=1S/C17H23N3O4.ClH/c1-24-15(21)8-9-19-16(22)11-3-6-14(7-4-11)20-17(23)12-2-5-13(18)10-12;/h3-4,6-7,12-13H,2,5,8-10,18H2,1H3,(H,19,22)(H,20,23);1H. The van der Waals surface area contributed by atoms with Crippen molar-refractivity contribution in [2.75, 3.05) is 19.0 Å². The molecular formula is C17H24ClN3O4. The van der Waals surface area contributed by atoms with Crippen LogP contribution >= 0.6 is 12.4 Å². The van der Waals surface area contributed by atoms with Gasteiger partial charge in [-0.2, -0.15) is 0 Å². The van der Waals surface area contributed by atoms with Gasteiger partial charge in [-0.1, -0.05) is 0 Å². The average Bonchev–Trinajstić information content (AvgIpc) is 3.01. The number of halogens is 1. The third-order valence-corrected chi connectivity index (χ3v) is 4.10. The van der Waals surface area contributed by atoms with E-state index < -0.39 is 0 Å². The molecule has 138 valence electrons. The zero-order valence-corrected chi connectivity index (χ0v) is 14.9. The Morgan fingerprint density at radius 2 is 1.88 bits per heavy atom. The third-order valence-electron chi connectivity index (χ3n) is 4.10. The number of methoxy groups -OCH3 is 1. The monoisotopic (exact) mass is 369 g/mol. The molecule has 2 rings (SSSR count). The van der Waals surface area contributed by atoms with E-state index in [9.17, 15) is 14.4 Å². The van der Waals surface area contributed by atoms with Gasteiger partial charge in [0.05, 0.1) is 13.5 Å². The highest BCUT2D eigenvalue weighted by molar-refractivity contribution is 5.96. The smallest absolute Gasteiger partial charge is 0.307 e. The van der Waals surface area contributed by atoms with E-state index in [1.165, 1.54) is 7.11 Å². The number of amides is 2. The van der Waals surface area contributed by atoms with E-state index in [0.29, 0.717) is 17.7 Å². The van der Waals surface area contributed by atoms with Crippen LogP contribution in [0.3, 0.4) is 0 Å². The lowest BCUT2D eigenvalue weighted by Crippen LogP contribution is -2.26. The first-order valence-corrected chi connectivity index (χ1v) is 8.01. The minimum atomic E-state index is -0.375. The Hall–Kier alpha value is -2.12. The normalized spacial score (nSPS) is 18.8. The Labute approximate surface area is 153 Å². The number of nitrogens with one attached hydrogen (secondary N) is 2. The number of carbonyl (C=O) groups excluding carboxylic acids is 3. The largest absolute Gasteiger partial charge is 0.469 e. The molecule has 0 aromatic heterocycles. The van der Waals surface area contributed by atoms with Crippen molar-refractivity contribution in [1.82, 2.24) is 5.32 Å². The van der Waals surface area contributed by atoms with Gasteiger partial charge in [0.2, 0.25) is 5.91 Å². The van der Waals surface area contributed by atoms with Crippen LogP contribution in [-0.2, 0) is 14.3 Å². The van der Waals surface area contributed by atoms with Crippen LogP contribution in [0.4, 0.5) is 5.69 Å². The van der Waals surface area contributed by atoms with Crippen LogP contribution in [0.15, 0.2) is 24.3 Å². The van der Waals surface area contributed by atoms with E-state index in [4.69, 9.17) is 5.73 Å². The molecule has 0 heterocycles. The van der Waals surface area contributed by atoms with Gasteiger partial charge in [-0.15, -0.1) is 12.4 Å². The van der Waals surface area contributed by atoms with Crippen LogP contribution in [0.5, 0.6) is 0 Å². The SMILES string of the molecule is COC(=O)CCNC(=O)c1ccc(NC(=O)C2CCC(N)C2)cc1.Cl. The minimum absolute atomic E-state index is 0. The van der Waals surface area contributed by atoms with E-state index in [0.717, 1.165) is 12.8 Å². The van der Waals surface area contributed by atoms with Crippen LogP contribution < -0.4 is 16.4 Å². The molecule has 1 aromatic rings. The molecule has 25 heavy (non-hydrogen) atoms. The average molecular weight is 370 g/mol. The molecule has 1 fully saturated rings. The first-order valence-electron chi connectivity index (χ1n) is 8.01. The molecule has 1 aromatic carbocycles. The molecule has 0 radical (unpaired) electrons. The fraction of sp³-hybridized carbons (Fsp3) is 0.471. The van der Waals surface area contributed by atoms with Crippen molar-refractivity contribution in [2.45, 2.75) is 31.7 Å². The zero-order chi connectivity index (χ0) is 17.5. The summed E-state index contributed by atoms with van der Waals surface area (Å²) in [5, 5.41) is 5.48. The maximum Gasteiger partial charge on any atom is 0.307 e. The molecule has 1 aliphatic carbocycles. The van der Waals surface area contributed by atoms with Crippen LogP contribution in [0.2, 0.25) is 0 Å². The lowest BCUT2D eigenvalue weighted by molar-refractivity contribution is -0.140. The second kappa shape index (κ2) is 10.0. The van der Waals surface area contributed by atoms with Gasteiger partial charge >= 0.3 is 5.97 Å². The van der Waals surface area contributed by atoms with Crippen LogP contribution in [-0.4, -0.2) is 37.5 Å². The molecule has 7 nitrogen and oxygen atoms in total. The van der Waals surface area contributed by atoms with Gasteiger partial charge < -0.3 is 21.1 Å². The van der Waals surface area contributed by atoms with Crippen LogP contribution in [0.25, 0.3) is 0 Å². The fourth-order valence-electron chi connectivity index (χ4n) is 2.69. The van der Waals surface area contributed by atoms with Gasteiger partial charge in [0, 0.05) is 29.8 Å². The Balaban J connectivity index is 0.00000312. The molecule has 0 aliphatic heterocycles. The molecule has 4 N–H and O–H groups in total. The summed E-state index contributed by atoms with van der Waals surface area (Å²) in [6.07, 6.45) is 2.53. The van der Waals surface area contributed by atoms with Gasteiger partial charge in [0.15, 0.2) is 0 Å². The summed E-state index contributed by atoms with van der Waals surface area (Å²) in [7, 11) is 1.30. The Kier molecular flexibility index (Phi) is 8.37. The molecule has 1 saturated carbocycles. The highest BCUT2D eigenvalue weighted by atomic mass is 35.5. The first-order chi connectivity index (χ1) is 11.5. The maximum absolute atomic E-state index is 12.1. The quantitative estimate of drug-likeness (QED) is 0.657. The second-order valence-electron chi connectivity index (χ2n) is 5.92. The number of hydrogen-bond donors (Lipinski definition) is 3. The number of carbonyl (C=O) groups is 3. The Morgan fingerprint density at radius 3 is 2.44 bits per heavy atom. The summed E-state index contributed by atoms with van der Waals surface area (Å²) in [5.41, 5.74) is 6.93. The van der Waals surface area contributed by atoms with Gasteiger partial charge in [-0.25, -0.2) is 0 Å². The predicted molar refractivity (Wildman–Crippen MR) is 96.6 cm³/mol. The molecule has 8 heteroatoms. The number of esters is 1. The number of hydrogen-bond acceptors (Lipinski definition) is 5. The molecule has 0 spiro atoms. The van der Waals surface area contributed by atoms with Gasteiger partial charge in [-0.05, 0) is 43.5 Å². The van der Waals surface area contributed by atoms with Crippen molar-refractivity contribution in [2.24, 2.45) is 11.7 Å². The number of rotatable bonds is 6. The van der Waals surface area contributed by atoms with E-state index in [-0.39, 0.29) is 55.1 Å². The van der Waals surface area contributed by atoms with E-state index >= 15 is 0 Å². The van der Waals surface area contributed by atoms with Gasteiger partial charge in [-0.3, -0.25) is 14.4 Å². The minimum Gasteiger partial charge on any atom is -0.469 e. The highest BCUT2D eigenvalue weighted by Gasteiger charge is 2.27. The molecular weight excluding hydrogens is 346 g/mol. The third kappa shape index (κ3) is 6.36. The summed E-state index contributed by atoms with van der Waals surface area (Å²) in [4.78, 5) is 35.0. The Morgan fingerprint density at radius 1 is 1.20 bits per heavy atom. The molecule has 0 bridgehead atoms. The molecule has 0 saturated heterocycles. The topological polar surface area (TPSA) is 111 Å². The van der Waals surface area contributed by atoms with Crippen LogP contribution in [0.1, 0.15) is 36.0 Å². The Bertz CT molecular complexity index is 606. The molecule has 2 atom stereocenters. The van der Waals surface area contributed by atoms with Crippen molar-refractivity contribution >= 4 is 35.9 Å². The molecule has 2 unspecified atom stereocenters. The first kappa shape index (κ1) is 20.9. The lowest BCUT2D eigenvalue weighted by atomic mass is 10.1. The van der Waals surface area contributed by atoms with E-state index in [1.54, 1.807) is 24.3 Å². The van der Waals surface area contributed by atoms with Crippen LogP contribution in [0, 0.1) is 5.92 Å². The summed E-state index contributed by atoms with van der Waals surface area (Å²) < 4.78 is 4.50. The van der Waals surface area contributed by atoms with Crippen molar-refractivity contribution in [1.29, 1.82) is 0 Å². The zero-order valence-electron chi connectivity index (χ0n) is 14.1. The number of nitrogens with two attached hydrogens (primary N) is 1. The van der Waals surface area contributed by atoms with Crippen molar-refractivity contribution in [3.8, 4) is 0 Å². The summed E-state index contributed by atoms with van der Waals surface area (Å²) in [6, 6.07) is 6.73. The number of benzene rings is 1. The highest BCUT2D eigenvalue weighted by Crippen LogP contribution is 2.25. The van der Waals surface area contributed by atoms with Gasteiger partial charge in [0.1, 0.15) is 0 Å². The fourth-order valence-corrected chi connectivity index (χ4v) is 2.69. The lowest BCUT2D eigenvalue weighted by Gasteiger charge is -2.11. The maximum atomic E-state index is 12.1. The van der Waals surface area contributed by atoms with E-state index in [2.05, 4.69) is 15.4 Å². The van der Waals surface area contributed by atoms with E-state index in [1.807, 2.05) is 0 Å². The summed E-state index contributed by atoms with van der Waals surface area (Å²) in [5.74, 6) is -0.724. The van der Waals surface area contributed by atoms with Crippen molar-refractivity contribution in [3.05, 3.63) is 29.8 Å². The second-order valence-corrected chi connectivity index (χ2v) is 5.92. The summed E-state index contributed by atoms with van der Waals surface area (Å²) in [6.45, 7) is 0.214. The number of ether oxygens (including phenoxy) is 1. The van der Waals surface area contributed by atoms with Crippen molar-refractivity contribution in [3.63, 3.8) is 0 Å². The van der Waals surface area contributed by atoms with Crippen molar-refractivity contribution < 1.29 is 19.1 Å². The molecule has 1 aliphatic rings. The number of anilines is 1. The molecule has 2 amide bonds. The summed E-state index contributed by atoms with van der Waals surface area (Å²) >= 11 is 0. The van der Waals surface area contributed by atoms with Gasteiger partial charge in [0.25, 0.3) is 5.91 Å².